The fourth-order valence-corrected chi connectivity index (χ4v) is 5.96. The number of carboxylic acids is 1. The summed E-state index contributed by atoms with van der Waals surface area (Å²) in [4.78, 5) is 37.6. The quantitative estimate of drug-likeness (QED) is 0.236. The molecule has 2 atom stereocenters. The molecule has 0 aliphatic carbocycles. The third-order valence-corrected chi connectivity index (χ3v) is 8.09. The van der Waals surface area contributed by atoms with Crippen molar-refractivity contribution < 1.29 is 19.8 Å². The van der Waals surface area contributed by atoms with E-state index in [9.17, 15) is 14.7 Å². The largest absolute Gasteiger partial charge is 0.476 e. The van der Waals surface area contributed by atoms with Crippen LogP contribution in [0.4, 0.5) is 0 Å². The Kier molecular flexibility index (Phi) is 10.2. The van der Waals surface area contributed by atoms with Crippen molar-refractivity contribution in [2.75, 3.05) is 18.1 Å². The van der Waals surface area contributed by atoms with Crippen LogP contribution >= 0.6 is 34.9 Å². The van der Waals surface area contributed by atoms with Gasteiger partial charge in [-0.15, -0.1) is 23.1 Å². The predicted molar refractivity (Wildman–Crippen MR) is 131 cm³/mol. The molecule has 0 saturated carbocycles. The summed E-state index contributed by atoms with van der Waals surface area (Å²) in [7, 11) is 0. The van der Waals surface area contributed by atoms with Gasteiger partial charge in [-0.2, -0.15) is 0 Å². The molecule has 8 nitrogen and oxygen atoms in total. The molecular formula is C22H28N4O4S3. The fraction of sp³-hybridized carbons (Fsp3) is 0.500. The summed E-state index contributed by atoms with van der Waals surface area (Å²) in [6.07, 6.45) is 10.6. The van der Waals surface area contributed by atoms with Gasteiger partial charge in [-0.25, -0.2) is 14.8 Å². The molecule has 0 spiro atoms. The Morgan fingerprint density at radius 1 is 1.30 bits per heavy atom. The lowest BCUT2D eigenvalue weighted by molar-refractivity contribution is -0.128. The van der Waals surface area contributed by atoms with Crippen LogP contribution in [0.25, 0.3) is 0 Å². The molecule has 3 rings (SSSR count). The van der Waals surface area contributed by atoms with Crippen molar-refractivity contribution in [3.05, 3.63) is 41.3 Å². The lowest BCUT2D eigenvalue weighted by Crippen LogP contribution is -2.33. The first kappa shape index (κ1) is 25.7. The first-order valence-corrected chi connectivity index (χ1v) is 13.7. The topological polar surface area (TPSA) is 117 Å². The zero-order valence-corrected chi connectivity index (χ0v) is 20.9. The number of aryl methyl sites for hydroxylation is 1. The number of thioether (sulfide) groups is 2. The van der Waals surface area contributed by atoms with E-state index in [0.29, 0.717) is 29.5 Å². The van der Waals surface area contributed by atoms with E-state index in [-0.39, 0.29) is 17.6 Å². The molecule has 178 valence electrons. The van der Waals surface area contributed by atoms with Crippen molar-refractivity contribution in [2.45, 2.75) is 60.5 Å². The van der Waals surface area contributed by atoms with Crippen molar-refractivity contribution >= 4 is 46.7 Å². The summed E-state index contributed by atoms with van der Waals surface area (Å²) in [5.74, 6) is 0.662. The first-order chi connectivity index (χ1) is 15.9. The molecule has 3 heterocycles. The second-order valence-electron chi connectivity index (χ2n) is 7.64. The number of thiazole rings is 1. The molecule has 2 aromatic rings. The average molecular weight is 509 g/mol. The second kappa shape index (κ2) is 13.1. The van der Waals surface area contributed by atoms with E-state index in [4.69, 9.17) is 5.11 Å². The van der Waals surface area contributed by atoms with E-state index in [1.165, 1.54) is 28.5 Å². The van der Waals surface area contributed by atoms with Gasteiger partial charge < -0.3 is 15.1 Å². The number of nitrogens with zero attached hydrogens (tertiary/aromatic N) is 4. The van der Waals surface area contributed by atoms with Crippen LogP contribution < -0.4 is 0 Å². The average Bonchev–Trinajstić information content (AvgIpc) is 3.41. The number of carbonyl (C=O) groups is 2. The van der Waals surface area contributed by atoms with E-state index in [0.717, 1.165) is 35.7 Å². The summed E-state index contributed by atoms with van der Waals surface area (Å²) in [5, 5.41) is 21.7. The van der Waals surface area contributed by atoms with E-state index >= 15 is 0 Å². The summed E-state index contributed by atoms with van der Waals surface area (Å²) in [6.45, 7) is 2.48. The Balaban J connectivity index is 1.35. The van der Waals surface area contributed by atoms with Crippen molar-refractivity contribution in [3.63, 3.8) is 0 Å². The fourth-order valence-electron chi connectivity index (χ4n) is 3.34. The Morgan fingerprint density at radius 2 is 2.15 bits per heavy atom. The van der Waals surface area contributed by atoms with Gasteiger partial charge in [0.15, 0.2) is 10.0 Å². The Bertz CT molecular complexity index is 951. The van der Waals surface area contributed by atoms with Gasteiger partial charge in [0, 0.05) is 30.3 Å². The lowest BCUT2D eigenvalue weighted by atomic mass is 10.1. The number of aromatic carboxylic acids is 1. The normalized spacial score (nSPS) is 17.2. The minimum Gasteiger partial charge on any atom is -0.476 e. The SMILES string of the molecule is Cc1cnc(SCCCC[C@H](O)/C=C/[C@H]2CCC(=O)N2CCSc2nc(C(=O)O)cs2)cn1. The van der Waals surface area contributed by atoms with Crippen LogP contribution in [0.15, 0.2) is 39.3 Å². The third-order valence-electron chi connectivity index (χ3n) is 5.09. The Hall–Kier alpha value is -1.95. The van der Waals surface area contributed by atoms with E-state index < -0.39 is 12.1 Å². The minimum absolute atomic E-state index is 0.00528. The van der Waals surface area contributed by atoms with Gasteiger partial charge in [-0.1, -0.05) is 23.9 Å². The molecule has 1 aliphatic rings. The van der Waals surface area contributed by atoms with Gasteiger partial charge in [0.1, 0.15) is 5.03 Å². The second-order valence-corrected chi connectivity index (χ2v) is 11.0. The van der Waals surface area contributed by atoms with E-state index in [1.54, 1.807) is 24.2 Å². The van der Waals surface area contributed by atoms with Gasteiger partial charge in [-0.05, 0) is 38.4 Å². The summed E-state index contributed by atoms with van der Waals surface area (Å²) < 4.78 is 0.689. The van der Waals surface area contributed by atoms with E-state index in [2.05, 4.69) is 15.0 Å². The lowest BCUT2D eigenvalue weighted by Gasteiger charge is -2.22. The maximum Gasteiger partial charge on any atom is 0.355 e. The Labute approximate surface area is 205 Å². The maximum atomic E-state index is 12.3. The number of amides is 1. The molecule has 2 aromatic heterocycles. The molecule has 1 fully saturated rings. The number of hydrogen-bond donors (Lipinski definition) is 2. The highest BCUT2D eigenvalue weighted by molar-refractivity contribution is 8.01. The summed E-state index contributed by atoms with van der Waals surface area (Å²) >= 11 is 4.43. The third kappa shape index (κ3) is 8.40. The van der Waals surface area contributed by atoms with Crippen LogP contribution in [0.5, 0.6) is 0 Å². The number of unbranched alkanes of at least 4 members (excludes halogenated alkanes) is 1. The van der Waals surface area contributed by atoms with Crippen LogP contribution in [0.3, 0.4) is 0 Å². The number of aliphatic hydroxyl groups is 1. The number of carbonyl (C=O) groups excluding carboxylic acids is 1. The number of aliphatic hydroxyl groups excluding tert-OH is 1. The van der Waals surface area contributed by atoms with Gasteiger partial charge in [0.25, 0.3) is 0 Å². The van der Waals surface area contributed by atoms with Gasteiger partial charge in [0.2, 0.25) is 5.91 Å². The van der Waals surface area contributed by atoms with Crippen LogP contribution in [-0.2, 0) is 4.79 Å². The number of likely N-dealkylation sites (tertiary alicyclic amines) is 1. The zero-order chi connectivity index (χ0) is 23.6. The molecule has 2 N–H and O–H groups in total. The smallest absolute Gasteiger partial charge is 0.355 e. The van der Waals surface area contributed by atoms with Gasteiger partial charge in [-0.3, -0.25) is 9.78 Å². The van der Waals surface area contributed by atoms with Crippen LogP contribution in [0.2, 0.25) is 0 Å². The van der Waals surface area contributed by atoms with Crippen molar-refractivity contribution in [2.24, 2.45) is 0 Å². The predicted octanol–water partition coefficient (Wildman–Crippen LogP) is 3.90. The number of rotatable bonds is 13. The van der Waals surface area contributed by atoms with Crippen LogP contribution in [0.1, 0.15) is 48.3 Å². The maximum absolute atomic E-state index is 12.3. The van der Waals surface area contributed by atoms with Crippen molar-refractivity contribution in [3.8, 4) is 0 Å². The molecule has 0 aromatic carbocycles. The molecule has 33 heavy (non-hydrogen) atoms. The molecular weight excluding hydrogens is 480 g/mol. The summed E-state index contributed by atoms with van der Waals surface area (Å²) in [6, 6.07) is -0.00528. The molecule has 1 aliphatic heterocycles. The first-order valence-electron chi connectivity index (χ1n) is 10.8. The van der Waals surface area contributed by atoms with Crippen molar-refractivity contribution in [1.29, 1.82) is 0 Å². The highest BCUT2D eigenvalue weighted by Crippen LogP contribution is 2.25. The van der Waals surface area contributed by atoms with Crippen molar-refractivity contribution in [1.82, 2.24) is 19.9 Å². The molecule has 0 radical (unpaired) electrons. The van der Waals surface area contributed by atoms with Gasteiger partial charge >= 0.3 is 5.97 Å². The van der Waals surface area contributed by atoms with Crippen LogP contribution in [-0.4, -0.2) is 72.1 Å². The highest BCUT2D eigenvalue weighted by atomic mass is 32.2. The molecule has 1 amide bonds. The highest BCUT2D eigenvalue weighted by Gasteiger charge is 2.28. The number of carboxylic acid groups (broad SMARTS) is 1. The number of aromatic nitrogens is 3. The van der Waals surface area contributed by atoms with Gasteiger partial charge in [0.05, 0.1) is 24.0 Å². The van der Waals surface area contributed by atoms with E-state index in [1.807, 2.05) is 24.0 Å². The minimum atomic E-state index is -1.03. The zero-order valence-electron chi connectivity index (χ0n) is 18.4. The molecule has 1 saturated heterocycles. The molecule has 11 heteroatoms. The van der Waals surface area contributed by atoms with Crippen LogP contribution in [0, 0.1) is 6.92 Å². The Morgan fingerprint density at radius 3 is 2.88 bits per heavy atom. The summed E-state index contributed by atoms with van der Waals surface area (Å²) in [5.41, 5.74) is 0.960. The monoisotopic (exact) mass is 508 g/mol. The number of hydrogen-bond acceptors (Lipinski definition) is 9. The molecule has 0 unspecified atom stereocenters. The standard InChI is InChI=1S/C22H28N4O4S3/c1-15-12-24-19(13-23-15)31-10-3-2-4-17(27)7-5-16-6-8-20(28)26(16)9-11-32-22-25-18(14-33-22)21(29)30/h5,7,12-14,16-17,27H,2-4,6,8-11H2,1H3,(H,29,30)/b7-5+/t16-,17-/m0/s1. The molecule has 0 bridgehead atoms.